The molecule has 0 aromatic heterocycles. The first-order valence-corrected chi connectivity index (χ1v) is 9.19. The molecule has 0 fully saturated rings. The summed E-state index contributed by atoms with van der Waals surface area (Å²) in [5.74, 6) is 6.74. The van der Waals surface area contributed by atoms with Crippen molar-refractivity contribution in [1.29, 1.82) is 0 Å². The van der Waals surface area contributed by atoms with Crippen molar-refractivity contribution in [2.24, 2.45) is 0 Å². The Labute approximate surface area is 159 Å². The Hall–Kier alpha value is -2.71. The highest BCUT2D eigenvalue weighted by molar-refractivity contribution is 7.80. The van der Waals surface area contributed by atoms with Crippen LogP contribution in [-0.2, 0) is 16.1 Å². The smallest absolute Gasteiger partial charge is 0.229 e. The molecule has 1 aliphatic heterocycles. The van der Waals surface area contributed by atoms with Gasteiger partial charge in [-0.05, 0) is 29.5 Å². The van der Waals surface area contributed by atoms with Crippen LogP contribution in [0.2, 0.25) is 0 Å². The molecule has 2 aromatic rings. The number of hydrogen-bond donors (Lipinski definition) is 2. The summed E-state index contributed by atoms with van der Waals surface area (Å²) in [6.45, 7) is 0.780. The zero-order valence-electron chi connectivity index (χ0n) is 14.4. The topological polar surface area (TPSA) is 49.4 Å². The molecule has 0 radical (unpaired) electrons. The lowest BCUT2D eigenvalue weighted by Crippen LogP contribution is -2.35. The molecule has 26 heavy (non-hydrogen) atoms. The zero-order valence-corrected chi connectivity index (χ0v) is 15.3. The molecule has 2 amide bonds. The van der Waals surface area contributed by atoms with Crippen LogP contribution >= 0.6 is 12.6 Å². The Kier molecular flexibility index (Phi) is 5.98. The summed E-state index contributed by atoms with van der Waals surface area (Å²) >= 11 is 4.04. The average molecular weight is 364 g/mol. The maximum absolute atomic E-state index is 12.9. The molecule has 0 aliphatic carbocycles. The first-order valence-electron chi connectivity index (χ1n) is 8.56. The Bertz CT molecular complexity index is 883. The van der Waals surface area contributed by atoms with Crippen LogP contribution in [-0.4, -0.2) is 24.1 Å². The summed E-state index contributed by atoms with van der Waals surface area (Å²) in [4.78, 5) is 26.2. The second-order valence-electron chi connectivity index (χ2n) is 5.98. The molecular formula is C21H20N2O2S. The van der Waals surface area contributed by atoms with Gasteiger partial charge < -0.3 is 10.2 Å². The maximum atomic E-state index is 12.9. The molecule has 3 rings (SSSR count). The first-order chi connectivity index (χ1) is 12.7. The minimum atomic E-state index is -0.0860. The number of benzene rings is 2. The fourth-order valence-electron chi connectivity index (χ4n) is 2.84. The van der Waals surface area contributed by atoms with Crippen LogP contribution in [0.25, 0.3) is 0 Å². The summed E-state index contributed by atoms with van der Waals surface area (Å²) in [5, 5.41) is 2.76. The van der Waals surface area contributed by atoms with Gasteiger partial charge in [-0.2, -0.15) is 12.6 Å². The third-order valence-corrected chi connectivity index (χ3v) is 4.40. The van der Waals surface area contributed by atoms with Gasteiger partial charge in [-0.1, -0.05) is 42.2 Å². The van der Waals surface area contributed by atoms with Crippen molar-refractivity contribution in [3.8, 4) is 11.8 Å². The number of hydrogen-bond acceptors (Lipinski definition) is 3. The minimum absolute atomic E-state index is 0.0397. The van der Waals surface area contributed by atoms with Crippen LogP contribution in [0.4, 0.5) is 5.69 Å². The van der Waals surface area contributed by atoms with E-state index in [1.165, 1.54) is 0 Å². The van der Waals surface area contributed by atoms with Gasteiger partial charge in [0.2, 0.25) is 11.8 Å². The van der Waals surface area contributed by atoms with Gasteiger partial charge in [-0.25, -0.2) is 0 Å². The largest absolute Gasteiger partial charge is 0.356 e. The number of carbonyl (C=O) groups excluding carboxylic acids is 2. The number of rotatable bonds is 5. The van der Waals surface area contributed by atoms with Gasteiger partial charge in [-0.3, -0.25) is 9.59 Å². The Morgan fingerprint density at radius 2 is 1.69 bits per heavy atom. The fourth-order valence-corrected chi connectivity index (χ4v) is 3.04. The van der Waals surface area contributed by atoms with Gasteiger partial charge in [-0.15, -0.1) is 0 Å². The highest BCUT2D eigenvalue weighted by Gasteiger charge is 2.20. The van der Waals surface area contributed by atoms with Gasteiger partial charge in [0.05, 0.1) is 12.2 Å². The van der Waals surface area contributed by atoms with E-state index >= 15 is 0 Å². The molecule has 0 saturated carbocycles. The van der Waals surface area contributed by atoms with E-state index in [0.717, 1.165) is 22.4 Å². The second-order valence-corrected chi connectivity index (χ2v) is 6.42. The van der Waals surface area contributed by atoms with E-state index in [1.807, 2.05) is 48.5 Å². The van der Waals surface area contributed by atoms with E-state index in [-0.39, 0.29) is 18.2 Å². The van der Waals surface area contributed by atoms with Gasteiger partial charge in [0.1, 0.15) is 0 Å². The second kappa shape index (κ2) is 8.59. The highest BCUT2D eigenvalue weighted by atomic mass is 32.1. The molecule has 0 unspecified atom stereocenters. The SMILES string of the molecule is O=C(CCS)NCCC(=O)N1Cc2ccccc2C#Cc2ccccc21. The number of thiol groups is 1. The number of nitrogens with one attached hydrogen (secondary N) is 1. The molecule has 132 valence electrons. The molecule has 2 aromatic carbocycles. The summed E-state index contributed by atoms with van der Waals surface area (Å²) in [5.41, 5.74) is 3.58. The van der Waals surface area contributed by atoms with E-state index in [0.29, 0.717) is 25.3 Å². The van der Waals surface area contributed by atoms with Crippen molar-refractivity contribution in [2.45, 2.75) is 19.4 Å². The lowest BCUT2D eigenvalue weighted by atomic mass is 10.0. The number of amides is 2. The van der Waals surface area contributed by atoms with E-state index in [1.54, 1.807) is 4.90 Å². The Balaban J connectivity index is 1.83. The van der Waals surface area contributed by atoms with Crippen molar-refractivity contribution in [3.63, 3.8) is 0 Å². The normalized spacial score (nSPS) is 12.0. The van der Waals surface area contributed by atoms with Crippen molar-refractivity contribution in [2.75, 3.05) is 17.2 Å². The summed E-state index contributed by atoms with van der Waals surface area (Å²) in [6.07, 6.45) is 0.592. The van der Waals surface area contributed by atoms with Crippen molar-refractivity contribution >= 4 is 30.1 Å². The van der Waals surface area contributed by atoms with Crippen LogP contribution < -0.4 is 10.2 Å². The van der Waals surface area contributed by atoms with Gasteiger partial charge in [0, 0.05) is 30.5 Å². The van der Waals surface area contributed by atoms with E-state index in [4.69, 9.17) is 0 Å². The average Bonchev–Trinajstić information content (AvgIpc) is 2.64. The monoisotopic (exact) mass is 364 g/mol. The van der Waals surface area contributed by atoms with E-state index in [9.17, 15) is 9.59 Å². The number of para-hydroxylation sites is 1. The highest BCUT2D eigenvalue weighted by Crippen LogP contribution is 2.25. The molecule has 4 nitrogen and oxygen atoms in total. The summed E-state index contributed by atoms with van der Waals surface area (Å²) in [6, 6.07) is 15.5. The number of fused-ring (bicyclic) bond motifs is 2. The summed E-state index contributed by atoms with van der Waals surface area (Å²) < 4.78 is 0. The molecular weight excluding hydrogens is 344 g/mol. The van der Waals surface area contributed by atoms with Crippen LogP contribution in [0.3, 0.4) is 0 Å². The van der Waals surface area contributed by atoms with Gasteiger partial charge in [0.15, 0.2) is 0 Å². The molecule has 0 bridgehead atoms. The molecule has 5 heteroatoms. The Morgan fingerprint density at radius 1 is 1.00 bits per heavy atom. The lowest BCUT2D eigenvalue weighted by molar-refractivity contribution is -0.121. The maximum Gasteiger partial charge on any atom is 0.229 e. The first kappa shape index (κ1) is 18.1. The van der Waals surface area contributed by atoms with Crippen LogP contribution in [0.15, 0.2) is 48.5 Å². The quantitative estimate of drug-likeness (QED) is 0.633. The number of carbonyl (C=O) groups is 2. The van der Waals surface area contributed by atoms with Crippen LogP contribution in [0, 0.1) is 11.8 Å². The third kappa shape index (κ3) is 4.27. The van der Waals surface area contributed by atoms with E-state index in [2.05, 4.69) is 29.8 Å². The minimum Gasteiger partial charge on any atom is -0.356 e. The predicted octanol–water partition coefficient (Wildman–Crippen LogP) is 2.76. The van der Waals surface area contributed by atoms with Crippen LogP contribution in [0.5, 0.6) is 0 Å². The molecule has 1 aliphatic rings. The van der Waals surface area contributed by atoms with Crippen LogP contribution in [0.1, 0.15) is 29.5 Å². The molecule has 0 atom stereocenters. The standard InChI is InChI=1S/C21H20N2O2S/c24-20(12-14-26)22-13-11-21(25)23-15-18-7-2-1-5-16(18)9-10-17-6-3-4-8-19(17)23/h1-8,26H,11-15H2,(H,22,24). The lowest BCUT2D eigenvalue weighted by Gasteiger charge is -2.26. The zero-order chi connectivity index (χ0) is 18.4. The summed E-state index contributed by atoms with van der Waals surface area (Å²) in [7, 11) is 0. The molecule has 1 heterocycles. The van der Waals surface area contributed by atoms with Crippen molar-refractivity contribution in [3.05, 3.63) is 65.2 Å². The Morgan fingerprint density at radius 3 is 2.50 bits per heavy atom. The molecule has 1 N–H and O–H groups in total. The predicted molar refractivity (Wildman–Crippen MR) is 106 cm³/mol. The third-order valence-electron chi connectivity index (χ3n) is 4.17. The molecule has 0 spiro atoms. The van der Waals surface area contributed by atoms with E-state index < -0.39 is 0 Å². The van der Waals surface area contributed by atoms with Crippen molar-refractivity contribution < 1.29 is 9.59 Å². The number of nitrogens with zero attached hydrogens (tertiary/aromatic N) is 1. The van der Waals surface area contributed by atoms with Gasteiger partial charge in [0.25, 0.3) is 0 Å². The molecule has 0 saturated heterocycles. The number of anilines is 1. The van der Waals surface area contributed by atoms with Gasteiger partial charge >= 0.3 is 0 Å². The van der Waals surface area contributed by atoms with Crippen molar-refractivity contribution in [1.82, 2.24) is 5.32 Å². The fraction of sp³-hybridized carbons (Fsp3) is 0.238.